The van der Waals surface area contributed by atoms with Crippen LogP contribution in [0.5, 0.6) is 0 Å². The third-order valence-electron chi connectivity index (χ3n) is 2.19. The Morgan fingerprint density at radius 2 is 1.75 bits per heavy atom. The molecule has 0 aromatic carbocycles. The number of nitrogens with zero attached hydrogens (tertiary/aromatic N) is 1. The molecular weight excluding hydrogens is 150 g/mol. The van der Waals surface area contributed by atoms with Gasteiger partial charge in [-0.1, -0.05) is 13.8 Å². The molecule has 1 aromatic heterocycles. The van der Waals surface area contributed by atoms with E-state index in [4.69, 9.17) is 0 Å². The zero-order valence-electron chi connectivity index (χ0n) is 7.66. The molecule has 1 rings (SSSR count). The zero-order chi connectivity index (χ0) is 8.97. The van der Waals surface area contributed by atoms with E-state index >= 15 is 0 Å². The van der Waals surface area contributed by atoms with E-state index in [1.54, 1.807) is 17.0 Å². The minimum Gasteiger partial charge on any atom is -0.294 e. The molecule has 1 heterocycles. The smallest absolute Gasteiger partial charge is 0.233 e. The van der Waals surface area contributed by atoms with Crippen LogP contribution >= 0.6 is 0 Å². The molecule has 66 valence electrons. The van der Waals surface area contributed by atoms with Crippen LogP contribution in [0.2, 0.25) is 0 Å². The summed E-state index contributed by atoms with van der Waals surface area (Å²) >= 11 is 0. The topological polar surface area (TPSA) is 22.0 Å². The van der Waals surface area contributed by atoms with Crippen molar-refractivity contribution in [3.05, 3.63) is 24.5 Å². The second-order valence-corrected chi connectivity index (χ2v) is 2.94. The molecule has 0 spiro atoms. The van der Waals surface area contributed by atoms with Crippen LogP contribution in [0.4, 0.5) is 0 Å². The molecule has 0 radical (unpaired) electrons. The van der Waals surface area contributed by atoms with Crippen LogP contribution in [0.25, 0.3) is 0 Å². The lowest BCUT2D eigenvalue weighted by Gasteiger charge is -2.10. The van der Waals surface area contributed by atoms with Crippen molar-refractivity contribution in [1.29, 1.82) is 0 Å². The Labute approximate surface area is 73.2 Å². The van der Waals surface area contributed by atoms with E-state index in [0.29, 0.717) is 0 Å². The highest BCUT2D eigenvalue weighted by Crippen LogP contribution is 2.10. The summed E-state index contributed by atoms with van der Waals surface area (Å²) in [6, 6.07) is 3.75. The second kappa shape index (κ2) is 4.10. The first-order valence-electron chi connectivity index (χ1n) is 4.46. The maximum atomic E-state index is 11.6. The molecule has 2 heteroatoms. The zero-order valence-corrected chi connectivity index (χ0v) is 7.66. The molecule has 0 bridgehead atoms. The summed E-state index contributed by atoms with van der Waals surface area (Å²) in [6.07, 6.45) is 5.46. The highest BCUT2D eigenvalue weighted by molar-refractivity contribution is 5.81. The maximum Gasteiger partial charge on any atom is 0.233 e. The van der Waals surface area contributed by atoms with E-state index in [1.807, 2.05) is 12.1 Å². The molecule has 0 N–H and O–H groups in total. The van der Waals surface area contributed by atoms with Gasteiger partial charge in [0, 0.05) is 18.3 Å². The number of rotatable bonds is 3. The lowest BCUT2D eigenvalue weighted by molar-refractivity contribution is 0.0827. The number of carbonyl (C=O) groups excluding carboxylic acids is 1. The minimum absolute atomic E-state index is 0.178. The third-order valence-corrected chi connectivity index (χ3v) is 2.19. The summed E-state index contributed by atoms with van der Waals surface area (Å²) in [7, 11) is 0. The van der Waals surface area contributed by atoms with Crippen molar-refractivity contribution in [1.82, 2.24) is 4.57 Å². The molecule has 0 saturated carbocycles. The van der Waals surface area contributed by atoms with E-state index in [0.717, 1.165) is 12.8 Å². The minimum atomic E-state index is 0.178. The van der Waals surface area contributed by atoms with Gasteiger partial charge in [-0.05, 0) is 25.0 Å². The first kappa shape index (κ1) is 9.04. The standard InChI is InChI=1S/C10H15NO/c1-3-9(4-2)10(12)11-7-5-6-8-11/h5-9H,3-4H2,1-2H3. The Kier molecular flexibility index (Phi) is 3.09. The highest BCUT2D eigenvalue weighted by atomic mass is 16.2. The summed E-state index contributed by atoms with van der Waals surface area (Å²) in [5, 5.41) is 0. The van der Waals surface area contributed by atoms with E-state index in [9.17, 15) is 4.79 Å². The van der Waals surface area contributed by atoms with E-state index in [1.165, 1.54) is 0 Å². The van der Waals surface area contributed by atoms with Crippen LogP contribution in [0, 0.1) is 5.92 Å². The van der Waals surface area contributed by atoms with Crippen LogP contribution in [0.15, 0.2) is 24.5 Å². The van der Waals surface area contributed by atoms with Crippen molar-refractivity contribution >= 4 is 5.91 Å². The van der Waals surface area contributed by atoms with Gasteiger partial charge in [0.25, 0.3) is 0 Å². The van der Waals surface area contributed by atoms with Gasteiger partial charge >= 0.3 is 0 Å². The Bertz CT molecular complexity index is 234. The predicted molar refractivity (Wildman–Crippen MR) is 49.1 cm³/mol. The van der Waals surface area contributed by atoms with Gasteiger partial charge in [0.05, 0.1) is 0 Å². The first-order valence-corrected chi connectivity index (χ1v) is 4.46. The van der Waals surface area contributed by atoms with Gasteiger partial charge in [0.1, 0.15) is 0 Å². The first-order chi connectivity index (χ1) is 5.79. The fourth-order valence-electron chi connectivity index (χ4n) is 1.33. The lowest BCUT2D eigenvalue weighted by atomic mass is 10.0. The van der Waals surface area contributed by atoms with E-state index in [-0.39, 0.29) is 11.8 Å². The molecule has 0 aliphatic carbocycles. The molecule has 1 aromatic rings. The summed E-state index contributed by atoms with van der Waals surface area (Å²) in [6.45, 7) is 4.10. The molecule has 0 amide bonds. The van der Waals surface area contributed by atoms with Gasteiger partial charge in [-0.15, -0.1) is 0 Å². The van der Waals surface area contributed by atoms with E-state index in [2.05, 4.69) is 13.8 Å². The van der Waals surface area contributed by atoms with Crippen molar-refractivity contribution in [2.24, 2.45) is 5.92 Å². The highest BCUT2D eigenvalue weighted by Gasteiger charge is 2.14. The van der Waals surface area contributed by atoms with Gasteiger partial charge in [0.15, 0.2) is 0 Å². The lowest BCUT2D eigenvalue weighted by Crippen LogP contribution is -2.18. The molecule has 0 atom stereocenters. The van der Waals surface area contributed by atoms with Gasteiger partial charge in [-0.25, -0.2) is 0 Å². The summed E-state index contributed by atoms with van der Waals surface area (Å²) in [5.74, 6) is 0.391. The summed E-state index contributed by atoms with van der Waals surface area (Å²) in [5.41, 5.74) is 0. The molecule has 0 saturated heterocycles. The Morgan fingerprint density at radius 3 is 2.17 bits per heavy atom. The van der Waals surface area contributed by atoms with Crippen molar-refractivity contribution in [2.45, 2.75) is 26.7 Å². The number of hydrogen-bond acceptors (Lipinski definition) is 1. The largest absolute Gasteiger partial charge is 0.294 e. The SMILES string of the molecule is CCC(CC)C(=O)n1cccc1. The Balaban J connectivity index is 2.70. The van der Waals surface area contributed by atoms with Crippen LogP contribution in [-0.2, 0) is 0 Å². The van der Waals surface area contributed by atoms with Crippen LogP contribution in [0.3, 0.4) is 0 Å². The quantitative estimate of drug-likeness (QED) is 0.674. The summed E-state index contributed by atoms with van der Waals surface area (Å²) in [4.78, 5) is 11.6. The van der Waals surface area contributed by atoms with Gasteiger partial charge < -0.3 is 0 Å². The van der Waals surface area contributed by atoms with Gasteiger partial charge in [0.2, 0.25) is 5.91 Å². The average Bonchev–Trinajstić information content (AvgIpc) is 2.58. The van der Waals surface area contributed by atoms with Crippen molar-refractivity contribution in [3.63, 3.8) is 0 Å². The van der Waals surface area contributed by atoms with Crippen LogP contribution in [0.1, 0.15) is 31.5 Å². The Morgan fingerprint density at radius 1 is 1.25 bits per heavy atom. The van der Waals surface area contributed by atoms with Gasteiger partial charge in [-0.2, -0.15) is 0 Å². The predicted octanol–water partition coefficient (Wildman–Crippen LogP) is 2.56. The fourth-order valence-corrected chi connectivity index (χ4v) is 1.33. The summed E-state index contributed by atoms with van der Waals surface area (Å²) < 4.78 is 1.66. The molecule has 0 aliphatic rings. The number of carbonyl (C=O) groups is 1. The maximum absolute atomic E-state index is 11.6. The normalized spacial score (nSPS) is 10.6. The van der Waals surface area contributed by atoms with E-state index < -0.39 is 0 Å². The molecule has 0 unspecified atom stereocenters. The monoisotopic (exact) mass is 165 g/mol. The molecule has 0 fully saturated rings. The van der Waals surface area contributed by atoms with Gasteiger partial charge in [-0.3, -0.25) is 9.36 Å². The molecular formula is C10H15NO. The number of hydrogen-bond donors (Lipinski definition) is 0. The van der Waals surface area contributed by atoms with Crippen LogP contribution < -0.4 is 0 Å². The van der Waals surface area contributed by atoms with Crippen LogP contribution in [-0.4, -0.2) is 10.5 Å². The average molecular weight is 165 g/mol. The fraction of sp³-hybridized carbons (Fsp3) is 0.500. The Hall–Kier alpha value is -1.05. The van der Waals surface area contributed by atoms with Crippen molar-refractivity contribution < 1.29 is 4.79 Å². The van der Waals surface area contributed by atoms with Crippen molar-refractivity contribution in [3.8, 4) is 0 Å². The molecule has 2 nitrogen and oxygen atoms in total. The van der Waals surface area contributed by atoms with Crippen molar-refractivity contribution in [2.75, 3.05) is 0 Å². The number of aromatic nitrogens is 1. The second-order valence-electron chi connectivity index (χ2n) is 2.94. The molecule has 12 heavy (non-hydrogen) atoms. The third kappa shape index (κ3) is 1.76. The molecule has 0 aliphatic heterocycles.